The highest BCUT2D eigenvalue weighted by atomic mass is 32.1. The van der Waals surface area contributed by atoms with E-state index in [9.17, 15) is 18.0 Å². The molecule has 19 heavy (non-hydrogen) atoms. The summed E-state index contributed by atoms with van der Waals surface area (Å²) in [5.41, 5.74) is -0.0447. The van der Waals surface area contributed by atoms with Crippen molar-refractivity contribution in [1.82, 2.24) is 0 Å². The fraction of sp³-hybridized carbons (Fsp3) is 0.0833. The lowest BCUT2D eigenvalue weighted by Crippen LogP contribution is -2.03. The van der Waals surface area contributed by atoms with E-state index in [0.29, 0.717) is 4.88 Å². The Morgan fingerprint density at radius 3 is 2.63 bits per heavy atom. The van der Waals surface area contributed by atoms with Gasteiger partial charge in [-0.1, -0.05) is 0 Å². The van der Waals surface area contributed by atoms with Crippen LogP contribution in [0.4, 0.5) is 18.9 Å². The monoisotopic (exact) mass is 287 g/mol. The molecule has 0 spiro atoms. The van der Waals surface area contributed by atoms with E-state index in [1.807, 2.05) is 0 Å². The molecule has 3 nitrogen and oxygen atoms in total. The molecule has 100 valence electrons. The highest BCUT2D eigenvalue weighted by molar-refractivity contribution is 7.10. The van der Waals surface area contributed by atoms with E-state index in [1.54, 1.807) is 0 Å². The highest BCUT2D eigenvalue weighted by Crippen LogP contribution is 2.22. The maximum Gasteiger partial charge on any atom is 0.336 e. The predicted octanol–water partition coefficient (Wildman–Crippen LogP) is 3.48. The number of hydrogen-bond acceptors (Lipinski definition) is 3. The van der Waals surface area contributed by atoms with Gasteiger partial charge >= 0.3 is 5.97 Å². The van der Waals surface area contributed by atoms with E-state index in [1.165, 1.54) is 22.8 Å². The molecule has 0 saturated heterocycles. The van der Waals surface area contributed by atoms with E-state index in [0.717, 1.165) is 12.1 Å². The standard InChI is InChI=1S/C12H8F3NO2S/c13-8-1-2-9(11(15)10(8)14)16-4-7-3-6(5-19-7)12(17)18/h1-3,5,16H,4H2,(H,17,18). The molecule has 0 radical (unpaired) electrons. The number of carbonyl (C=O) groups is 1. The van der Waals surface area contributed by atoms with Gasteiger partial charge in [-0.2, -0.15) is 0 Å². The van der Waals surface area contributed by atoms with Crippen LogP contribution in [0.2, 0.25) is 0 Å². The first-order chi connectivity index (χ1) is 8.99. The lowest BCUT2D eigenvalue weighted by Gasteiger charge is -2.06. The third kappa shape index (κ3) is 2.87. The number of hydrogen-bond donors (Lipinski definition) is 2. The number of anilines is 1. The van der Waals surface area contributed by atoms with Gasteiger partial charge in [0.25, 0.3) is 0 Å². The Kier molecular flexibility index (Phi) is 3.75. The second-order valence-corrected chi connectivity index (χ2v) is 4.68. The molecule has 0 aliphatic carbocycles. The van der Waals surface area contributed by atoms with Crippen LogP contribution in [0.5, 0.6) is 0 Å². The van der Waals surface area contributed by atoms with Gasteiger partial charge in [-0.15, -0.1) is 11.3 Å². The average Bonchev–Trinajstić information content (AvgIpc) is 2.84. The third-order valence-corrected chi connectivity index (χ3v) is 3.33. The van der Waals surface area contributed by atoms with Gasteiger partial charge < -0.3 is 10.4 Å². The molecule has 1 aromatic heterocycles. The van der Waals surface area contributed by atoms with Crippen molar-refractivity contribution in [1.29, 1.82) is 0 Å². The van der Waals surface area contributed by atoms with Crippen LogP contribution in [0, 0.1) is 17.5 Å². The molecule has 0 fully saturated rings. The van der Waals surface area contributed by atoms with Crippen molar-refractivity contribution in [2.75, 3.05) is 5.32 Å². The smallest absolute Gasteiger partial charge is 0.336 e. The zero-order valence-corrected chi connectivity index (χ0v) is 10.2. The molecule has 0 atom stereocenters. The molecule has 1 heterocycles. The summed E-state index contributed by atoms with van der Waals surface area (Å²) < 4.78 is 39.0. The second-order valence-electron chi connectivity index (χ2n) is 3.68. The molecule has 1 aromatic carbocycles. The second kappa shape index (κ2) is 5.31. The fourth-order valence-corrected chi connectivity index (χ4v) is 2.23. The molecule has 7 heteroatoms. The normalized spacial score (nSPS) is 10.5. The van der Waals surface area contributed by atoms with Crippen molar-refractivity contribution in [3.05, 3.63) is 51.5 Å². The van der Waals surface area contributed by atoms with Crippen molar-refractivity contribution in [3.63, 3.8) is 0 Å². The molecule has 0 aliphatic rings. The minimum absolute atomic E-state index is 0.125. The quantitative estimate of drug-likeness (QED) is 0.846. The van der Waals surface area contributed by atoms with E-state index in [4.69, 9.17) is 5.11 Å². The minimum atomic E-state index is -1.54. The molecule has 2 N–H and O–H groups in total. The average molecular weight is 287 g/mol. The Bertz CT molecular complexity index is 627. The van der Waals surface area contributed by atoms with Crippen molar-refractivity contribution in [3.8, 4) is 0 Å². The number of aromatic carboxylic acids is 1. The third-order valence-electron chi connectivity index (χ3n) is 2.39. The number of carboxylic acid groups (broad SMARTS) is 1. The Labute approximate surface area is 110 Å². The number of halogens is 3. The first-order valence-corrected chi connectivity index (χ1v) is 6.05. The largest absolute Gasteiger partial charge is 0.478 e. The summed E-state index contributed by atoms with van der Waals surface area (Å²) in [6.45, 7) is 0.125. The molecule has 2 rings (SSSR count). The van der Waals surface area contributed by atoms with Crippen LogP contribution in [-0.2, 0) is 6.54 Å². The molecule has 0 aliphatic heterocycles. The van der Waals surface area contributed by atoms with E-state index in [2.05, 4.69) is 5.32 Å². The molecule has 2 aromatic rings. The van der Waals surface area contributed by atoms with Crippen molar-refractivity contribution >= 4 is 23.0 Å². The molecular weight excluding hydrogens is 279 g/mol. The van der Waals surface area contributed by atoms with Gasteiger partial charge in [0, 0.05) is 16.8 Å². The maximum atomic E-state index is 13.3. The van der Waals surface area contributed by atoms with Crippen molar-refractivity contribution in [2.45, 2.75) is 6.54 Å². The van der Waals surface area contributed by atoms with Crippen LogP contribution >= 0.6 is 11.3 Å². The van der Waals surface area contributed by atoms with Gasteiger partial charge in [-0.05, 0) is 18.2 Å². The Morgan fingerprint density at radius 1 is 1.26 bits per heavy atom. The van der Waals surface area contributed by atoms with Gasteiger partial charge in [0.05, 0.1) is 11.3 Å². The summed E-state index contributed by atoms with van der Waals surface area (Å²) in [4.78, 5) is 11.3. The number of carboxylic acids is 1. The van der Waals surface area contributed by atoms with Crippen LogP contribution in [0.25, 0.3) is 0 Å². The van der Waals surface area contributed by atoms with Crippen molar-refractivity contribution < 1.29 is 23.1 Å². The highest BCUT2D eigenvalue weighted by Gasteiger charge is 2.13. The maximum absolute atomic E-state index is 13.3. The SMILES string of the molecule is O=C(O)c1csc(CNc2ccc(F)c(F)c2F)c1. The summed E-state index contributed by atoms with van der Waals surface area (Å²) in [7, 11) is 0. The molecule has 0 bridgehead atoms. The zero-order chi connectivity index (χ0) is 14.0. The number of thiophene rings is 1. The van der Waals surface area contributed by atoms with Crippen LogP contribution in [0.15, 0.2) is 23.6 Å². The summed E-state index contributed by atoms with van der Waals surface area (Å²) in [5, 5.41) is 12.8. The van der Waals surface area contributed by atoms with E-state index < -0.39 is 23.4 Å². The minimum Gasteiger partial charge on any atom is -0.478 e. The van der Waals surface area contributed by atoms with Crippen LogP contribution < -0.4 is 5.32 Å². The summed E-state index contributed by atoms with van der Waals surface area (Å²) in [6.07, 6.45) is 0. The van der Waals surface area contributed by atoms with Gasteiger partial charge in [-0.25, -0.2) is 18.0 Å². The first kappa shape index (κ1) is 13.4. The Morgan fingerprint density at radius 2 is 2.00 bits per heavy atom. The van der Waals surface area contributed by atoms with Gasteiger partial charge in [-0.3, -0.25) is 0 Å². The Balaban J connectivity index is 2.10. The van der Waals surface area contributed by atoms with Crippen LogP contribution in [0.1, 0.15) is 15.2 Å². The van der Waals surface area contributed by atoms with Crippen LogP contribution in [0.3, 0.4) is 0 Å². The lowest BCUT2D eigenvalue weighted by atomic mass is 10.2. The van der Waals surface area contributed by atoms with E-state index >= 15 is 0 Å². The molecule has 0 amide bonds. The molecule has 0 unspecified atom stereocenters. The zero-order valence-electron chi connectivity index (χ0n) is 9.41. The number of benzene rings is 1. The lowest BCUT2D eigenvalue weighted by molar-refractivity contribution is 0.0697. The molecule has 0 saturated carbocycles. The van der Waals surface area contributed by atoms with Crippen LogP contribution in [-0.4, -0.2) is 11.1 Å². The summed E-state index contributed by atoms with van der Waals surface area (Å²) in [6, 6.07) is 3.33. The first-order valence-electron chi connectivity index (χ1n) is 5.17. The molecular formula is C12H8F3NO2S. The van der Waals surface area contributed by atoms with E-state index in [-0.39, 0.29) is 17.8 Å². The number of rotatable bonds is 4. The summed E-state index contributed by atoms with van der Waals surface area (Å²) >= 11 is 1.18. The van der Waals surface area contributed by atoms with Gasteiger partial charge in [0.1, 0.15) is 0 Å². The summed E-state index contributed by atoms with van der Waals surface area (Å²) in [5.74, 6) is -5.15. The predicted molar refractivity (Wildman–Crippen MR) is 64.9 cm³/mol. The van der Waals surface area contributed by atoms with Crippen molar-refractivity contribution in [2.24, 2.45) is 0 Å². The fourth-order valence-electron chi connectivity index (χ4n) is 1.43. The topological polar surface area (TPSA) is 49.3 Å². The Hall–Kier alpha value is -2.02. The van der Waals surface area contributed by atoms with Gasteiger partial charge in [0.2, 0.25) is 0 Å². The number of nitrogens with one attached hydrogen (secondary N) is 1. The van der Waals surface area contributed by atoms with Gasteiger partial charge in [0.15, 0.2) is 17.5 Å².